The van der Waals surface area contributed by atoms with Crippen molar-refractivity contribution in [3.05, 3.63) is 39.7 Å². The second kappa shape index (κ2) is 5.54. The van der Waals surface area contributed by atoms with Crippen LogP contribution in [-0.2, 0) is 0 Å². The van der Waals surface area contributed by atoms with E-state index in [1.807, 2.05) is 0 Å². The highest BCUT2D eigenvalue weighted by Gasteiger charge is 2.42. The fraction of sp³-hybridized carbons (Fsp3) is 0.462. The molecule has 0 radical (unpaired) electrons. The quantitative estimate of drug-likeness (QED) is 0.612. The molecule has 2 N–H and O–H groups in total. The highest BCUT2D eigenvalue weighted by atomic mass is 19.1. The van der Waals surface area contributed by atoms with Crippen molar-refractivity contribution in [1.82, 2.24) is 5.32 Å². The number of nitrogens with zero attached hydrogens (tertiary/aromatic N) is 1. The fourth-order valence-corrected chi connectivity index (χ4v) is 2.14. The lowest BCUT2D eigenvalue weighted by molar-refractivity contribution is -0.385. The van der Waals surface area contributed by atoms with Gasteiger partial charge in [0.05, 0.1) is 11.0 Å². The van der Waals surface area contributed by atoms with Gasteiger partial charge < -0.3 is 10.4 Å². The third kappa shape index (κ3) is 3.11. The van der Waals surface area contributed by atoms with Crippen LogP contribution in [0.3, 0.4) is 0 Å². The Morgan fingerprint density at radius 2 is 2.20 bits per heavy atom. The first-order valence-electron chi connectivity index (χ1n) is 6.30. The number of nitrogens with one attached hydrogen (secondary N) is 1. The van der Waals surface area contributed by atoms with Crippen LogP contribution in [0, 0.1) is 21.3 Å². The Morgan fingerprint density at radius 1 is 1.50 bits per heavy atom. The lowest BCUT2D eigenvalue weighted by Gasteiger charge is -2.14. The normalized spacial score (nSPS) is 15.7. The highest BCUT2D eigenvalue weighted by Crippen LogP contribution is 2.47. The lowest BCUT2D eigenvalue weighted by atomic mass is 10.0. The monoisotopic (exact) mass is 282 g/mol. The average Bonchev–Trinajstić information content (AvgIpc) is 3.16. The van der Waals surface area contributed by atoms with E-state index in [2.05, 4.69) is 5.32 Å². The molecule has 1 fully saturated rings. The van der Waals surface area contributed by atoms with E-state index in [0.717, 1.165) is 31.0 Å². The molecule has 2 rings (SSSR count). The minimum atomic E-state index is -0.779. The van der Waals surface area contributed by atoms with Gasteiger partial charge in [-0.05, 0) is 36.8 Å². The zero-order valence-electron chi connectivity index (χ0n) is 10.8. The number of carbonyl (C=O) groups excluding carboxylic acids is 1. The number of aliphatic hydroxyl groups excluding tert-OH is 1. The number of nitro benzene ring substituents is 1. The molecule has 1 aromatic rings. The van der Waals surface area contributed by atoms with Gasteiger partial charge in [-0.15, -0.1) is 0 Å². The van der Waals surface area contributed by atoms with E-state index < -0.39 is 22.3 Å². The van der Waals surface area contributed by atoms with Gasteiger partial charge in [-0.3, -0.25) is 14.9 Å². The Labute approximate surface area is 114 Å². The first-order valence-corrected chi connectivity index (χ1v) is 6.30. The van der Waals surface area contributed by atoms with Gasteiger partial charge in [-0.1, -0.05) is 0 Å². The third-order valence-corrected chi connectivity index (χ3v) is 3.62. The molecule has 1 saturated carbocycles. The van der Waals surface area contributed by atoms with Crippen LogP contribution in [0.25, 0.3) is 0 Å². The van der Waals surface area contributed by atoms with Gasteiger partial charge in [0.1, 0.15) is 11.4 Å². The molecule has 1 amide bonds. The first-order chi connectivity index (χ1) is 9.47. The van der Waals surface area contributed by atoms with Crippen LogP contribution >= 0.6 is 0 Å². The van der Waals surface area contributed by atoms with Gasteiger partial charge in [0.25, 0.3) is 11.6 Å². The molecule has 108 valence electrons. The van der Waals surface area contributed by atoms with Gasteiger partial charge in [0.15, 0.2) is 0 Å². The van der Waals surface area contributed by atoms with Crippen LogP contribution in [0.2, 0.25) is 0 Å². The standard InChI is InChI=1S/C13H15FN2O4/c14-9-1-2-10(11(7-9)16(19)20)12(18)15-8-13(3-4-13)5-6-17/h1-2,7,17H,3-6,8H2,(H,15,18). The van der Waals surface area contributed by atoms with E-state index in [0.29, 0.717) is 13.0 Å². The zero-order valence-corrected chi connectivity index (χ0v) is 10.8. The highest BCUT2D eigenvalue weighted by molar-refractivity contribution is 5.98. The predicted octanol–water partition coefficient (Wildman–Crippen LogP) is 1.63. The summed E-state index contributed by atoms with van der Waals surface area (Å²) >= 11 is 0. The van der Waals surface area contributed by atoms with E-state index >= 15 is 0 Å². The van der Waals surface area contributed by atoms with Crippen molar-refractivity contribution in [1.29, 1.82) is 0 Å². The van der Waals surface area contributed by atoms with Gasteiger partial charge in [0.2, 0.25) is 0 Å². The molecule has 7 heteroatoms. The maximum Gasteiger partial charge on any atom is 0.285 e. The van der Waals surface area contributed by atoms with Gasteiger partial charge >= 0.3 is 0 Å². The molecule has 1 aromatic carbocycles. The molecular weight excluding hydrogens is 267 g/mol. The summed E-state index contributed by atoms with van der Waals surface area (Å²) in [5.74, 6) is -1.35. The number of rotatable bonds is 6. The smallest absolute Gasteiger partial charge is 0.285 e. The van der Waals surface area contributed by atoms with Crippen LogP contribution in [0.1, 0.15) is 29.6 Å². The number of carbonyl (C=O) groups is 1. The van der Waals surface area contributed by atoms with Crippen LogP contribution in [0.5, 0.6) is 0 Å². The van der Waals surface area contributed by atoms with E-state index in [4.69, 9.17) is 5.11 Å². The van der Waals surface area contributed by atoms with Crippen LogP contribution in [0.4, 0.5) is 10.1 Å². The molecule has 0 atom stereocenters. The molecule has 0 heterocycles. The Kier molecular flexibility index (Phi) is 3.99. The van der Waals surface area contributed by atoms with Gasteiger partial charge in [-0.25, -0.2) is 4.39 Å². The topological polar surface area (TPSA) is 92.5 Å². The number of nitro groups is 1. The summed E-state index contributed by atoms with van der Waals surface area (Å²) in [6.45, 7) is 0.410. The molecule has 6 nitrogen and oxygen atoms in total. The molecule has 0 unspecified atom stereocenters. The molecule has 0 bridgehead atoms. The van der Waals surface area contributed by atoms with Crippen LogP contribution in [0.15, 0.2) is 18.2 Å². The third-order valence-electron chi connectivity index (χ3n) is 3.62. The largest absolute Gasteiger partial charge is 0.396 e. The summed E-state index contributed by atoms with van der Waals surface area (Å²) in [4.78, 5) is 22.0. The summed E-state index contributed by atoms with van der Waals surface area (Å²) in [5.41, 5.74) is -0.787. The number of halogens is 1. The van der Waals surface area contributed by atoms with Crippen molar-refractivity contribution in [2.75, 3.05) is 13.2 Å². The van der Waals surface area contributed by atoms with E-state index in [1.54, 1.807) is 0 Å². The number of hydrogen-bond acceptors (Lipinski definition) is 4. The minimum Gasteiger partial charge on any atom is -0.396 e. The van der Waals surface area contributed by atoms with E-state index in [-0.39, 0.29) is 17.6 Å². The van der Waals surface area contributed by atoms with Crippen LogP contribution < -0.4 is 5.32 Å². The molecule has 1 aliphatic carbocycles. The predicted molar refractivity (Wildman–Crippen MR) is 68.8 cm³/mol. The minimum absolute atomic E-state index is 0.0482. The summed E-state index contributed by atoms with van der Waals surface area (Å²) in [5, 5.41) is 22.4. The Balaban J connectivity index is 2.08. The summed E-state index contributed by atoms with van der Waals surface area (Å²) in [6, 6.07) is 2.85. The molecule has 1 aliphatic rings. The first kappa shape index (κ1) is 14.4. The maximum atomic E-state index is 13.0. The summed E-state index contributed by atoms with van der Waals surface area (Å²) in [6.07, 6.45) is 2.43. The summed E-state index contributed by atoms with van der Waals surface area (Å²) in [7, 11) is 0. The van der Waals surface area contributed by atoms with Crippen LogP contribution in [-0.4, -0.2) is 29.1 Å². The van der Waals surface area contributed by atoms with Crippen molar-refractivity contribution in [3.63, 3.8) is 0 Å². The van der Waals surface area contributed by atoms with Gasteiger partial charge in [0, 0.05) is 13.2 Å². The molecule has 0 aromatic heterocycles. The Bertz CT molecular complexity index is 543. The Morgan fingerprint density at radius 3 is 2.75 bits per heavy atom. The average molecular weight is 282 g/mol. The van der Waals surface area contributed by atoms with Crippen molar-refractivity contribution < 1.29 is 19.2 Å². The number of aliphatic hydroxyl groups is 1. The van der Waals surface area contributed by atoms with Crippen molar-refractivity contribution in [3.8, 4) is 0 Å². The second-order valence-electron chi connectivity index (χ2n) is 5.07. The number of hydrogen-bond donors (Lipinski definition) is 2. The van der Waals surface area contributed by atoms with Crippen molar-refractivity contribution >= 4 is 11.6 Å². The lowest BCUT2D eigenvalue weighted by Crippen LogP contribution is -2.31. The summed E-state index contributed by atoms with van der Waals surface area (Å²) < 4.78 is 13.0. The number of amides is 1. The molecule has 0 saturated heterocycles. The molecule has 0 aliphatic heterocycles. The SMILES string of the molecule is O=C(NCC1(CCO)CC1)c1ccc(F)cc1[N+](=O)[O-]. The van der Waals surface area contributed by atoms with Crippen molar-refractivity contribution in [2.24, 2.45) is 5.41 Å². The fourth-order valence-electron chi connectivity index (χ4n) is 2.14. The van der Waals surface area contributed by atoms with E-state index in [1.165, 1.54) is 0 Å². The maximum absolute atomic E-state index is 13.0. The van der Waals surface area contributed by atoms with Gasteiger partial charge in [-0.2, -0.15) is 0 Å². The van der Waals surface area contributed by atoms with E-state index in [9.17, 15) is 19.3 Å². The Hall–Kier alpha value is -2.02. The molecular formula is C13H15FN2O4. The zero-order chi connectivity index (χ0) is 14.8. The number of benzene rings is 1. The molecule has 0 spiro atoms. The second-order valence-corrected chi connectivity index (χ2v) is 5.07. The van der Waals surface area contributed by atoms with Crippen molar-refractivity contribution in [2.45, 2.75) is 19.3 Å². The molecule has 20 heavy (non-hydrogen) atoms.